The van der Waals surface area contributed by atoms with Crippen molar-refractivity contribution >= 4 is 51.7 Å². The largest absolute Gasteiger partial charge is 0.343 e. The van der Waals surface area contributed by atoms with Gasteiger partial charge in [0.15, 0.2) is 0 Å². The lowest BCUT2D eigenvalue weighted by Gasteiger charge is -2.12. The molecule has 6 nitrogen and oxygen atoms in total. The number of aryl methyl sites for hydroxylation is 1. The molecule has 0 aromatic heterocycles. The molecular weight excluding hydrogens is 445 g/mol. The van der Waals surface area contributed by atoms with Crippen LogP contribution in [-0.4, -0.2) is 24.3 Å². The van der Waals surface area contributed by atoms with Crippen LogP contribution in [0.15, 0.2) is 42.5 Å². The van der Waals surface area contributed by atoms with Crippen molar-refractivity contribution in [1.82, 2.24) is 5.32 Å². The fraction of sp³-hybridized carbons (Fsp3) is 0.211. The SMILES string of the molecule is CCC(=O)Nc1ccc(C)c(NC(=O)CNC(=O)c2ccccc2I)c1. The number of hydrogen-bond donors (Lipinski definition) is 3. The van der Waals surface area contributed by atoms with E-state index in [-0.39, 0.29) is 24.3 Å². The summed E-state index contributed by atoms with van der Waals surface area (Å²) in [6.45, 7) is 3.48. The molecule has 0 atom stereocenters. The molecular formula is C19H20IN3O3. The molecule has 26 heavy (non-hydrogen) atoms. The summed E-state index contributed by atoms with van der Waals surface area (Å²) in [7, 11) is 0. The molecule has 0 saturated carbocycles. The highest BCUT2D eigenvalue weighted by atomic mass is 127. The first-order chi connectivity index (χ1) is 12.4. The van der Waals surface area contributed by atoms with Gasteiger partial charge in [-0.05, 0) is 59.3 Å². The van der Waals surface area contributed by atoms with E-state index in [1.807, 2.05) is 25.1 Å². The molecule has 0 radical (unpaired) electrons. The Morgan fingerprint density at radius 3 is 2.42 bits per heavy atom. The Morgan fingerprint density at radius 1 is 1.00 bits per heavy atom. The molecule has 7 heteroatoms. The van der Waals surface area contributed by atoms with Gasteiger partial charge in [-0.15, -0.1) is 0 Å². The van der Waals surface area contributed by atoms with Crippen molar-refractivity contribution in [2.24, 2.45) is 0 Å². The van der Waals surface area contributed by atoms with Gasteiger partial charge in [0.1, 0.15) is 0 Å². The second kappa shape index (κ2) is 9.33. The quantitative estimate of drug-likeness (QED) is 0.573. The fourth-order valence-corrected chi connectivity index (χ4v) is 2.81. The number of amides is 3. The minimum atomic E-state index is -0.341. The third-order valence-electron chi connectivity index (χ3n) is 3.64. The summed E-state index contributed by atoms with van der Waals surface area (Å²) in [5.74, 6) is -0.743. The lowest BCUT2D eigenvalue weighted by Crippen LogP contribution is -2.33. The number of hydrogen-bond acceptors (Lipinski definition) is 3. The van der Waals surface area contributed by atoms with Crippen molar-refractivity contribution in [2.75, 3.05) is 17.2 Å². The van der Waals surface area contributed by atoms with Crippen LogP contribution in [0.4, 0.5) is 11.4 Å². The summed E-state index contributed by atoms with van der Waals surface area (Å²) >= 11 is 2.08. The summed E-state index contributed by atoms with van der Waals surface area (Å²) in [5, 5.41) is 8.12. The minimum absolute atomic E-state index is 0.101. The fourth-order valence-electron chi connectivity index (χ4n) is 2.18. The van der Waals surface area contributed by atoms with Crippen molar-refractivity contribution in [1.29, 1.82) is 0 Å². The van der Waals surface area contributed by atoms with Crippen molar-refractivity contribution in [3.8, 4) is 0 Å². The van der Waals surface area contributed by atoms with E-state index in [1.165, 1.54) is 0 Å². The lowest BCUT2D eigenvalue weighted by atomic mass is 10.1. The van der Waals surface area contributed by atoms with Crippen LogP contribution < -0.4 is 16.0 Å². The van der Waals surface area contributed by atoms with E-state index >= 15 is 0 Å². The third-order valence-corrected chi connectivity index (χ3v) is 4.59. The Balaban J connectivity index is 1.97. The molecule has 2 rings (SSSR count). The molecule has 0 fully saturated rings. The van der Waals surface area contributed by atoms with Gasteiger partial charge in [-0.2, -0.15) is 0 Å². The van der Waals surface area contributed by atoms with Gasteiger partial charge < -0.3 is 16.0 Å². The van der Waals surface area contributed by atoms with Crippen LogP contribution in [0.25, 0.3) is 0 Å². The van der Waals surface area contributed by atoms with E-state index in [0.717, 1.165) is 9.13 Å². The van der Waals surface area contributed by atoms with E-state index in [2.05, 4.69) is 38.5 Å². The Morgan fingerprint density at radius 2 is 1.73 bits per heavy atom. The monoisotopic (exact) mass is 465 g/mol. The van der Waals surface area contributed by atoms with Gasteiger partial charge in [0.25, 0.3) is 5.91 Å². The maximum absolute atomic E-state index is 12.2. The average molecular weight is 465 g/mol. The molecule has 136 valence electrons. The van der Waals surface area contributed by atoms with Crippen LogP contribution in [0.5, 0.6) is 0 Å². The molecule has 0 spiro atoms. The Bertz CT molecular complexity index is 837. The highest BCUT2D eigenvalue weighted by Crippen LogP contribution is 2.20. The van der Waals surface area contributed by atoms with Crippen molar-refractivity contribution in [2.45, 2.75) is 20.3 Å². The van der Waals surface area contributed by atoms with Gasteiger partial charge >= 0.3 is 0 Å². The van der Waals surface area contributed by atoms with Gasteiger partial charge in [-0.3, -0.25) is 14.4 Å². The Hall–Kier alpha value is -2.42. The van der Waals surface area contributed by atoms with Gasteiger partial charge in [0.05, 0.1) is 12.1 Å². The summed E-state index contributed by atoms with van der Waals surface area (Å²) in [6, 6.07) is 12.4. The zero-order valence-corrected chi connectivity index (χ0v) is 16.7. The second-order valence-corrected chi connectivity index (χ2v) is 6.80. The maximum atomic E-state index is 12.2. The van der Waals surface area contributed by atoms with E-state index in [1.54, 1.807) is 31.2 Å². The zero-order valence-electron chi connectivity index (χ0n) is 14.6. The average Bonchev–Trinajstić information content (AvgIpc) is 2.62. The van der Waals surface area contributed by atoms with E-state index < -0.39 is 0 Å². The molecule has 0 bridgehead atoms. The highest BCUT2D eigenvalue weighted by Gasteiger charge is 2.12. The highest BCUT2D eigenvalue weighted by molar-refractivity contribution is 14.1. The van der Waals surface area contributed by atoms with Crippen LogP contribution in [0.2, 0.25) is 0 Å². The first-order valence-electron chi connectivity index (χ1n) is 8.13. The van der Waals surface area contributed by atoms with Gasteiger partial charge in [0, 0.05) is 21.4 Å². The number of carbonyl (C=O) groups excluding carboxylic acids is 3. The minimum Gasteiger partial charge on any atom is -0.343 e. The first-order valence-corrected chi connectivity index (χ1v) is 9.21. The summed E-state index contributed by atoms with van der Waals surface area (Å²) in [4.78, 5) is 35.8. The van der Waals surface area contributed by atoms with E-state index in [9.17, 15) is 14.4 Å². The molecule has 0 aliphatic rings. The number of benzene rings is 2. The standard InChI is InChI=1S/C19H20IN3O3/c1-3-17(24)22-13-9-8-12(2)16(10-13)23-18(25)11-21-19(26)14-6-4-5-7-15(14)20/h4-10H,3,11H2,1-2H3,(H,21,26)(H,22,24)(H,23,25). The van der Waals surface area contributed by atoms with Gasteiger partial charge in [-0.25, -0.2) is 0 Å². The van der Waals surface area contributed by atoms with Crippen LogP contribution in [0, 0.1) is 10.5 Å². The van der Waals surface area contributed by atoms with Crippen LogP contribution in [0.1, 0.15) is 29.3 Å². The molecule has 0 heterocycles. The van der Waals surface area contributed by atoms with E-state index in [0.29, 0.717) is 23.4 Å². The number of halogens is 1. The second-order valence-electron chi connectivity index (χ2n) is 5.64. The van der Waals surface area contributed by atoms with Crippen molar-refractivity contribution < 1.29 is 14.4 Å². The van der Waals surface area contributed by atoms with Crippen LogP contribution in [-0.2, 0) is 9.59 Å². The molecule has 3 amide bonds. The normalized spacial score (nSPS) is 10.1. The zero-order chi connectivity index (χ0) is 19.1. The van der Waals surface area contributed by atoms with Crippen molar-refractivity contribution in [3.63, 3.8) is 0 Å². The third kappa shape index (κ3) is 5.55. The molecule has 2 aromatic rings. The van der Waals surface area contributed by atoms with Gasteiger partial charge in [-0.1, -0.05) is 25.1 Å². The topological polar surface area (TPSA) is 87.3 Å². The Kier molecular flexibility index (Phi) is 7.14. The number of carbonyl (C=O) groups is 3. The van der Waals surface area contributed by atoms with Crippen LogP contribution >= 0.6 is 22.6 Å². The van der Waals surface area contributed by atoms with Crippen LogP contribution in [0.3, 0.4) is 0 Å². The lowest BCUT2D eigenvalue weighted by molar-refractivity contribution is -0.116. The molecule has 0 saturated heterocycles. The predicted octanol–water partition coefficient (Wildman–Crippen LogP) is 3.32. The summed E-state index contributed by atoms with van der Waals surface area (Å²) in [6.07, 6.45) is 0.375. The smallest absolute Gasteiger partial charge is 0.252 e. The molecule has 2 aromatic carbocycles. The molecule has 0 aliphatic carbocycles. The number of rotatable bonds is 6. The van der Waals surface area contributed by atoms with E-state index in [4.69, 9.17) is 0 Å². The number of nitrogens with one attached hydrogen (secondary N) is 3. The molecule has 3 N–H and O–H groups in total. The van der Waals surface area contributed by atoms with Gasteiger partial charge in [0.2, 0.25) is 11.8 Å². The molecule has 0 unspecified atom stereocenters. The molecule has 0 aliphatic heterocycles. The van der Waals surface area contributed by atoms with Crippen molar-refractivity contribution in [3.05, 3.63) is 57.2 Å². The summed E-state index contributed by atoms with van der Waals surface area (Å²) < 4.78 is 0.818. The maximum Gasteiger partial charge on any atom is 0.252 e. The first kappa shape index (κ1) is 19.9. The Labute approximate surface area is 165 Å². The summed E-state index contributed by atoms with van der Waals surface area (Å²) in [5.41, 5.74) is 2.59. The predicted molar refractivity (Wildman–Crippen MR) is 110 cm³/mol. The number of anilines is 2.